The fourth-order valence-electron chi connectivity index (χ4n) is 1.98. The molecule has 1 heterocycles. The molecule has 1 amide bonds. The number of benzene rings is 1. The van der Waals surface area contributed by atoms with Crippen LogP contribution in [-0.4, -0.2) is 41.2 Å². The van der Waals surface area contributed by atoms with Gasteiger partial charge in [-0.3, -0.25) is 19.7 Å². The smallest absolute Gasteiger partial charge is 0.303 e. The van der Waals surface area contributed by atoms with Gasteiger partial charge in [-0.1, -0.05) is 0 Å². The number of carbonyl (C=O) groups is 2. The number of non-ortho nitro benzene ring substituents is 1. The van der Waals surface area contributed by atoms with E-state index in [1.807, 2.05) is 0 Å². The number of aliphatic carboxylic acids is 1. The lowest BCUT2D eigenvalue weighted by atomic mass is 10.2. The Morgan fingerprint density at radius 1 is 1.38 bits per heavy atom. The molecule has 1 N–H and O–H groups in total. The quantitative estimate of drug-likeness (QED) is 0.621. The van der Waals surface area contributed by atoms with E-state index < -0.39 is 26.8 Å². The lowest BCUT2D eigenvalue weighted by Crippen LogP contribution is -2.31. The first kappa shape index (κ1) is 14.9. The average Bonchev–Trinajstić information content (AvgIpc) is 2.59. The highest BCUT2D eigenvalue weighted by atomic mass is 32.2. The van der Waals surface area contributed by atoms with E-state index in [4.69, 9.17) is 5.11 Å². The molecule has 0 aromatic heterocycles. The maximum atomic E-state index is 12.1. The standard InChI is InChI=1S/C11H10N2O7S/c14-10(15)2-1-5-12-11(16)8-6-7(13(17)18)3-4-9(8)21(12,19)20/h3-4,6H,1-2,5H2,(H,14,15). The molecule has 21 heavy (non-hydrogen) atoms. The van der Waals surface area contributed by atoms with E-state index in [0.29, 0.717) is 4.31 Å². The number of hydrogen-bond donors (Lipinski definition) is 1. The first-order valence-electron chi connectivity index (χ1n) is 5.82. The highest BCUT2D eigenvalue weighted by Gasteiger charge is 2.41. The van der Waals surface area contributed by atoms with Gasteiger partial charge in [0, 0.05) is 25.1 Å². The minimum Gasteiger partial charge on any atom is -0.481 e. The van der Waals surface area contributed by atoms with Gasteiger partial charge >= 0.3 is 5.97 Å². The molecule has 1 aromatic carbocycles. The number of fused-ring (bicyclic) bond motifs is 1. The highest BCUT2D eigenvalue weighted by Crippen LogP contribution is 2.32. The van der Waals surface area contributed by atoms with Crippen molar-refractivity contribution in [2.45, 2.75) is 17.7 Å². The molecule has 1 aromatic rings. The summed E-state index contributed by atoms with van der Waals surface area (Å²) in [6.45, 7) is -0.282. The number of sulfonamides is 1. The lowest BCUT2D eigenvalue weighted by Gasteiger charge is -2.13. The van der Waals surface area contributed by atoms with Crippen LogP contribution in [0.5, 0.6) is 0 Å². The Morgan fingerprint density at radius 3 is 2.62 bits per heavy atom. The fourth-order valence-corrected chi connectivity index (χ4v) is 3.57. The zero-order chi connectivity index (χ0) is 15.8. The normalized spacial score (nSPS) is 15.8. The third kappa shape index (κ3) is 2.57. The summed E-state index contributed by atoms with van der Waals surface area (Å²) in [7, 11) is -4.07. The summed E-state index contributed by atoms with van der Waals surface area (Å²) in [6, 6.07) is 2.93. The van der Waals surface area contributed by atoms with Crippen LogP contribution in [0.3, 0.4) is 0 Å². The van der Waals surface area contributed by atoms with Crippen LogP contribution in [0, 0.1) is 10.1 Å². The topological polar surface area (TPSA) is 135 Å². The van der Waals surface area contributed by atoms with Crippen molar-refractivity contribution in [3.05, 3.63) is 33.9 Å². The SMILES string of the molecule is O=C(O)CCCN1C(=O)c2cc([N+](=O)[O-])ccc2S1(=O)=O. The summed E-state index contributed by atoms with van der Waals surface area (Å²) in [4.78, 5) is 32.1. The lowest BCUT2D eigenvalue weighted by molar-refractivity contribution is -0.384. The van der Waals surface area contributed by atoms with E-state index in [2.05, 4.69) is 0 Å². The molecule has 0 atom stereocenters. The molecule has 0 bridgehead atoms. The monoisotopic (exact) mass is 314 g/mol. The predicted molar refractivity (Wildman–Crippen MR) is 68.2 cm³/mol. The molecule has 9 nitrogen and oxygen atoms in total. The second kappa shape index (κ2) is 5.13. The van der Waals surface area contributed by atoms with Crippen molar-refractivity contribution in [3.63, 3.8) is 0 Å². The van der Waals surface area contributed by atoms with Gasteiger partial charge in [0.05, 0.1) is 10.5 Å². The number of nitrogens with zero attached hydrogens (tertiary/aromatic N) is 2. The van der Waals surface area contributed by atoms with Gasteiger partial charge in [0.15, 0.2) is 0 Å². The predicted octanol–water partition coefficient (Wildman–Crippen LogP) is 0.604. The maximum Gasteiger partial charge on any atom is 0.303 e. The van der Waals surface area contributed by atoms with E-state index in [0.717, 1.165) is 18.2 Å². The summed E-state index contributed by atoms with van der Waals surface area (Å²) >= 11 is 0. The Morgan fingerprint density at radius 2 is 2.05 bits per heavy atom. The summed E-state index contributed by atoms with van der Waals surface area (Å²) in [5.74, 6) is -1.98. The molecule has 1 aliphatic rings. The molecule has 0 saturated carbocycles. The van der Waals surface area contributed by atoms with Crippen LogP contribution in [0.25, 0.3) is 0 Å². The molecule has 0 unspecified atom stereocenters. The van der Waals surface area contributed by atoms with Crippen LogP contribution < -0.4 is 0 Å². The Bertz CT molecular complexity index is 741. The van der Waals surface area contributed by atoms with Crippen LogP contribution in [-0.2, 0) is 14.8 Å². The number of carbonyl (C=O) groups excluding carboxylic acids is 1. The molecule has 2 rings (SSSR count). The van der Waals surface area contributed by atoms with Gasteiger partial charge in [-0.2, -0.15) is 0 Å². The van der Waals surface area contributed by atoms with Crippen LogP contribution >= 0.6 is 0 Å². The number of amides is 1. The molecule has 0 radical (unpaired) electrons. The van der Waals surface area contributed by atoms with Crippen LogP contribution in [0.2, 0.25) is 0 Å². The number of carboxylic acid groups (broad SMARTS) is 1. The molecule has 0 spiro atoms. The van der Waals surface area contributed by atoms with E-state index in [9.17, 15) is 28.1 Å². The summed E-state index contributed by atoms with van der Waals surface area (Å²) in [6.07, 6.45) is -0.313. The second-order valence-electron chi connectivity index (χ2n) is 4.32. The zero-order valence-corrected chi connectivity index (χ0v) is 11.4. The summed E-state index contributed by atoms with van der Waals surface area (Å²) < 4.78 is 24.8. The van der Waals surface area contributed by atoms with Crippen LogP contribution in [0.15, 0.2) is 23.1 Å². The minimum absolute atomic E-state index is 0.0314. The van der Waals surface area contributed by atoms with Gasteiger partial charge < -0.3 is 5.11 Å². The first-order chi connectivity index (χ1) is 9.75. The second-order valence-corrected chi connectivity index (χ2v) is 6.15. The Hall–Kier alpha value is -2.49. The van der Waals surface area contributed by atoms with Crippen molar-refractivity contribution < 1.29 is 28.0 Å². The molecular weight excluding hydrogens is 304 g/mol. The highest BCUT2D eigenvalue weighted by molar-refractivity contribution is 7.90. The van der Waals surface area contributed by atoms with E-state index in [1.54, 1.807) is 0 Å². The number of rotatable bonds is 5. The Kier molecular flexibility index (Phi) is 3.64. The van der Waals surface area contributed by atoms with Crippen molar-refractivity contribution in [3.8, 4) is 0 Å². The third-order valence-corrected chi connectivity index (χ3v) is 4.79. The Balaban J connectivity index is 2.35. The fraction of sp³-hybridized carbons (Fsp3) is 0.273. The van der Waals surface area contributed by atoms with Gasteiger partial charge in [0.2, 0.25) is 0 Å². The molecule has 0 aliphatic carbocycles. The van der Waals surface area contributed by atoms with Crippen molar-refractivity contribution >= 4 is 27.6 Å². The van der Waals surface area contributed by atoms with Crippen molar-refractivity contribution in [1.29, 1.82) is 0 Å². The van der Waals surface area contributed by atoms with Gasteiger partial charge in [0.25, 0.3) is 21.6 Å². The number of nitro benzene ring substituents is 1. The largest absolute Gasteiger partial charge is 0.481 e. The number of carboxylic acids is 1. The maximum absolute atomic E-state index is 12.1. The molecule has 10 heteroatoms. The van der Waals surface area contributed by atoms with Gasteiger partial charge in [-0.25, -0.2) is 12.7 Å². The van der Waals surface area contributed by atoms with Crippen LogP contribution in [0.1, 0.15) is 23.2 Å². The third-order valence-electron chi connectivity index (χ3n) is 2.95. The van der Waals surface area contributed by atoms with Crippen molar-refractivity contribution in [2.24, 2.45) is 0 Å². The van der Waals surface area contributed by atoms with Gasteiger partial charge in [0.1, 0.15) is 4.90 Å². The van der Waals surface area contributed by atoms with Crippen molar-refractivity contribution in [1.82, 2.24) is 4.31 Å². The Labute approximate surface area is 119 Å². The van der Waals surface area contributed by atoms with E-state index in [-0.39, 0.29) is 35.5 Å². The van der Waals surface area contributed by atoms with E-state index in [1.165, 1.54) is 0 Å². The summed E-state index contributed by atoms with van der Waals surface area (Å²) in [5, 5.41) is 19.2. The molecule has 112 valence electrons. The number of hydrogen-bond acceptors (Lipinski definition) is 6. The number of nitro groups is 1. The average molecular weight is 314 g/mol. The molecule has 0 fully saturated rings. The van der Waals surface area contributed by atoms with Gasteiger partial charge in [-0.05, 0) is 12.5 Å². The van der Waals surface area contributed by atoms with Crippen LogP contribution in [0.4, 0.5) is 5.69 Å². The van der Waals surface area contributed by atoms with E-state index >= 15 is 0 Å². The molecule has 1 aliphatic heterocycles. The van der Waals surface area contributed by atoms with Gasteiger partial charge in [-0.15, -0.1) is 0 Å². The minimum atomic E-state index is -4.07. The van der Waals surface area contributed by atoms with Crippen molar-refractivity contribution in [2.75, 3.05) is 6.54 Å². The molecule has 0 saturated heterocycles. The zero-order valence-electron chi connectivity index (χ0n) is 10.6. The molecular formula is C11H10N2O7S. The summed E-state index contributed by atoms with van der Waals surface area (Å²) in [5.41, 5.74) is -0.649. The first-order valence-corrected chi connectivity index (χ1v) is 7.26.